The summed E-state index contributed by atoms with van der Waals surface area (Å²) in [5.41, 5.74) is -2.96. The summed E-state index contributed by atoms with van der Waals surface area (Å²) in [6.07, 6.45) is -2.83. The van der Waals surface area contributed by atoms with Gasteiger partial charge >= 0.3 is 6.18 Å². The number of alkyl halides is 3. The van der Waals surface area contributed by atoms with Gasteiger partial charge in [-0.2, -0.15) is 13.2 Å². The molecule has 2 aromatic rings. The van der Waals surface area contributed by atoms with Gasteiger partial charge in [0.25, 0.3) is 5.91 Å². The van der Waals surface area contributed by atoms with Crippen LogP contribution in [0.1, 0.15) is 39.0 Å². The van der Waals surface area contributed by atoms with Crippen molar-refractivity contribution in [2.45, 2.75) is 50.3 Å². The molecule has 1 aromatic heterocycles. The van der Waals surface area contributed by atoms with Gasteiger partial charge in [-0.15, -0.1) is 10.2 Å². The van der Waals surface area contributed by atoms with E-state index in [2.05, 4.69) is 10.2 Å². The van der Waals surface area contributed by atoms with Gasteiger partial charge in [-0.3, -0.25) is 4.79 Å². The minimum absolute atomic E-state index is 0.0879. The molecule has 1 saturated carbocycles. The molecular weight excluding hydrogens is 435 g/mol. The van der Waals surface area contributed by atoms with E-state index >= 15 is 0 Å². The Morgan fingerprint density at radius 2 is 1.90 bits per heavy atom. The lowest BCUT2D eigenvalue weighted by Crippen LogP contribution is -2.58. The van der Waals surface area contributed by atoms with E-state index in [-0.39, 0.29) is 30.3 Å². The number of hydrogen-bond donors (Lipinski definition) is 1. The normalized spacial score (nSPS) is 25.2. The third kappa shape index (κ3) is 3.82. The molecule has 1 aliphatic heterocycles. The summed E-state index contributed by atoms with van der Waals surface area (Å²) < 4.78 is 45.2. The molecule has 1 aliphatic carbocycles. The monoisotopic (exact) mass is 457 g/mol. The molecule has 0 spiro atoms. The summed E-state index contributed by atoms with van der Waals surface area (Å²) in [7, 11) is 0. The highest BCUT2D eigenvalue weighted by atomic mass is 35.5. The molecule has 1 N–H and O–H groups in total. The van der Waals surface area contributed by atoms with Gasteiger partial charge < -0.3 is 14.4 Å². The number of aliphatic hydroxyl groups is 1. The van der Waals surface area contributed by atoms with E-state index < -0.39 is 17.7 Å². The lowest BCUT2D eigenvalue weighted by Gasteiger charge is -2.42. The van der Waals surface area contributed by atoms with Crippen molar-refractivity contribution in [1.82, 2.24) is 15.1 Å². The van der Waals surface area contributed by atoms with E-state index in [9.17, 15) is 23.1 Å². The Kier molecular flexibility index (Phi) is 5.33. The van der Waals surface area contributed by atoms with E-state index in [1.807, 2.05) is 6.92 Å². The van der Waals surface area contributed by atoms with Crippen molar-refractivity contribution >= 4 is 17.5 Å². The number of hydrogen-bond acceptors (Lipinski definition) is 5. The average molecular weight is 458 g/mol. The molecule has 1 amide bonds. The summed E-state index contributed by atoms with van der Waals surface area (Å²) in [6.45, 7) is 2.68. The largest absolute Gasteiger partial charge is 0.426 e. The van der Waals surface area contributed by atoms with Crippen LogP contribution in [-0.2, 0) is 10.2 Å². The highest BCUT2D eigenvalue weighted by Gasteiger charge is 2.60. The Hall–Kier alpha value is -2.13. The lowest BCUT2D eigenvalue weighted by atomic mass is 9.74. The number of halogens is 4. The molecule has 168 valence electrons. The van der Waals surface area contributed by atoms with Crippen LogP contribution in [0, 0.1) is 11.8 Å². The second-order valence-corrected chi connectivity index (χ2v) is 9.21. The maximum atomic E-state index is 13.1. The summed E-state index contributed by atoms with van der Waals surface area (Å²) in [5.74, 6) is -0.394. The minimum atomic E-state index is -5.02. The Bertz CT molecular complexity index is 970. The third-order valence-corrected chi connectivity index (χ3v) is 6.85. The molecule has 2 fully saturated rings. The van der Waals surface area contributed by atoms with Crippen molar-refractivity contribution in [2.75, 3.05) is 13.1 Å². The van der Waals surface area contributed by atoms with Crippen LogP contribution in [-0.4, -0.2) is 51.0 Å². The van der Waals surface area contributed by atoms with Crippen LogP contribution < -0.4 is 0 Å². The van der Waals surface area contributed by atoms with Crippen LogP contribution in [0.25, 0.3) is 11.5 Å². The molecule has 3 atom stereocenters. The molecule has 31 heavy (non-hydrogen) atoms. The number of rotatable bonds is 4. The van der Waals surface area contributed by atoms with E-state index in [0.717, 1.165) is 23.3 Å². The molecule has 2 heterocycles. The first-order valence-corrected chi connectivity index (χ1v) is 10.5. The van der Waals surface area contributed by atoms with Crippen molar-refractivity contribution in [1.29, 1.82) is 0 Å². The quantitative estimate of drug-likeness (QED) is 0.743. The fourth-order valence-corrected chi connectivity index (χ4v) is 4.72. The van der Waals surface area contributed by atoms with Crippen LogP contribution in [0.5, 0.6) is 0 Å². The van der Waals surface area contributed by atoms with E-state index in [1.54, 1.807) is 24.3 Å². The van der Waals surface area contributed by atoms with E-state index in [0.29, 0.717) is 30.1 Å². The third-order valence-electron chi connectivity index (χ3n) is 6.60. The fourth-order valence-electron chi connectivity index (χ4n) is 4.59. The van der Waals surface area contributed by atoms with E-state index in [4.69, 9.17) is 16.0 Å². The number of amides is 1. The second-order valence-electron chi connectivity index (χ2n) is 8.77. The number of carbonyl (C=O) groups is 1. The van der Waals surface area contributed by atoms with Gasteiger partial charge in [-0.05, 0) is 62.3 Å². The summed E-state index contributed by atoms with van der Waals surface area (Å²) in [4.78, 5) is 13.5. The Morgan fingerprint density at radius 1 is 1.26 bits per heavy atom. The molecule has 4 rings (SSSR count). The fraction of sp³-hybridized carbons (Fsp3) is 0.571. The zero-order chi connectivity index (χ0) is 22.6. The number of nitrogens with zero attached hydrogens (tertiary/aromatic N) is 3. The Balaban J connectivity index is 1.49. The van der Waals surface area contributed by atoms with Gasteiger partial charge in [0.1, 0.15) is 0 Å². The van der Waals surface area contributed by atoms with Crippen molar-refractivity contribution in [3.63, 3.8) is 0 Å². The summed E-state index contributed by atoms with van der Waals surface area (Å²) >= 11 is 5.92. The van der Waals surface area contributed by atoms with Crippen molar-refractivity contribution in [3.05, 3.63) is 35.2 Å². The maximum Gasteiger partial charge on any atom is 0.426 e. The van der Waals surface area contributed by atoms with Crippen molar-refractivity contribution < 1.29 is 27.5 Å². The smallest absolute Gasteiger partial charge is 0.420 e. The first-order chi connectivity index (χ1) is 14.5. The van der Waals surface area contributed by atoms with Crippen molar-refractivity contribution in [3.8, 4) is 11.5 Å². The van der Waals surface area contributed by atoms with Crippen LogP contribution >= 0.6 is 11.6 Å². The summed E-state index contributed by atoms with van der Waals surface area (Å²) in [6, 6.07) is 7.05. The topological polar surface area (TPSA) is 79.5 Å². The lowest BCUT2D eigenvalue weighted by molar-refractivity contribution is -0.251. The second kappa shape index (κ2) is 7.48. The number of carbonyl (C=O) groups excluding carboxylic acids is 1. The molecule has 6 nitrogen and oxygen atoms in total. The van der Waals surface area contributed by atoms with Crippen LogP contribution in [0.4, 0.5) is 13.2 Å². The summed E-state index contributed by atoms with van der Waals surface area (Å²) in [5, 5.41) is 18.8. The van der Waals surface area contributed by atoms with Gasteiger partial charge in [0.15, 0.2) is 0 Å². The Labute approximate surface area is 182 Å². The zero-order valence-corrected chi connectivity index (χ0v) is 17.9. The maximum absolute atomic E-state index is 13.1. The van der Waals surface area contributed by atoms with Gasteiger partial charge in [0.05, 0.1) is 5.41 Å². The molecule has 10 heteroatoms. The van der Waals surface area contributed by atoms with Crippen LogP contribution in [0.2, 0.25) is 5.02 Å². The standard InChI is InChI=1S/C21H23ClF3N3O3/c1-12-11-28(18(29)19(2,30)21(23,24)25)10-7-15(12)20(8-9-20)17-27-26-16(31-17)13-3-5-14(22)6-4-13/h3-6,12,15,30H,7-11H2,1-2H3/t12-,15+,19?/m0/s1. The molecular formula is C21H23ClF3N3O3. The zero-order valence-electron chi connectivity index (χ0n) is 17.1. The van der Waals surface area contributed by atoms with Crippen LogP contribution in [0.15, 0.2) is 28.7 Å². The number of benzene rings is 1. The molecule has 1 unspecified atom stereocenters. The van der Waals surface area contributed by atoms with Gasteiger partial charge in [0.2, 0.25) is 17.4 Å². The van der Waals surface area contributed by atoms with Crippen molar-refractivity contribution in [2.24, 2.45) is 11.8 Å². The number of likely N-dealkylation sites (tertiary alicyclic amines) is 1. The molecule has 0 radical (unpaired) electrons. The number of aromatic nitrogens is 2. The Morgan fingerprint density at radius 3 is 2.45 bits per heavy atom. The highest BCUT2D eigenvalue weighted by molar-refractivity contribution is 6.30. The highest BCUT2D eigenvalue weighted by Crippen LogP contribution is 2.58. The van der Waals surface area contributed by atoms with Gasteiger partial charge in [0, 0.05) is 23.7 Å². The first kappa shape index (κ1) is 22.1. The number of piperidine rings is 1. The molecule has 2 aliphatic rings. The molecule has 1 aromatic carbocycles. The molecule has 1 saturated heterocycles. The predicted molar refractivity (Wildman–Crippen MR) is 106 cm³/mol. The predicted octanol–water partition coefficient (Wildman–Crippen LogP) is 4.22. The van der Waals surface area contributed by atoms with Gasteiger partial charge in [-0.25, -0.2) is 0 Å². The van der Waals surface area contributed by atoms with Crippen LogP contribution in [0.3, 0.4) is 0 Å². The SMILES string of the molecule is C[C@H]1CN(C(=O)C(C)(O)C(F)(F)F)CC[C@H]1C1(c2nnc(-c3ccc(Cl)cc3)o2)CC1. The van der Waals surface area contributed by atoms with Gasteiger partial charge in [-0.1, -0.05) is 18.5 Å². The minimum Gasteiger partial charge on any atom is -0.420 e. The van der Waals surface area contributed by atoms with E-state index in [1.165, 1.54) is 0 Å². The molecule has 0 bridgehead atoms. The average Bonchev–Trinajstić information content (AvgIpc) is 3.35. The first-order valence-electron chi connectivity index (χ1n) is 10.1.